The molecule has 0 unspecified atom stereocenters. The Hall–Kier alpha value is -1.39. The van der Waals surface area contributed by atoms with Gasteiger partial charge in [-0.3, -0.25) is 9.69 Å². The molecule has 0 atom stereocenters. The SMILES string of the molecule is CC(C)CN1CCN(Cc2cccc(C(=O)N3CCCCC3)c2)CC1. The maximum Gasteiger partial charge on any atom is 0.253 e. The Morgan fingerprint density at radius 3 is 2.32 bits per heavy atom. The lowest BCUT2D eigenvalue weighted by Gasteiger charge is -2.35. The molecule has 0 bridgehead atoms. The summed E-state index contributed by atoms with van der Waals surface area (Å²) in [6, 6.07) is 8.29. The van der Waals surface area contributed by atoms with Crippen molar-refractivity contribution in [3.63, 3.8) is 0 Å². The number of nitrogens with zero attached hydrogens (tertiary/aromatic N) is 3. The van der Waals surface area contributed by atoms with Crippen LogP contribution in [0.3, 0.4) is 0 Å². The van der Waals surface area contributed by atoms with Crippen molar-refractivity contribution in [1.29, 1.82) is 0 Å². The highest BCUT2D eigenvalue weighted by molar-refractivity contribution is 5.94. The van der Waals surface area contributed by atoms with E-state index in [2.05, 4.69) is 35.8 Å². The number of carbonyl (C=O) groups is 1. The van der Waals surface area contributed by atoms with Gasteiger partial charge in [0.05, 0.1) is 0 Å². The van der Waals surface area contributed by atoms with Gasteiger partial charge in [0.1, 0.15) is 0 Å². The number of piperidine rings is 1. The zero-order valence-electron chi connectivity index (χ0n) is 15.9. The number of carbonyl (C=O) groups excluding carboxylic acids is 1. The summed E-state index contributed by atoms with van der Waals surface area (Å²) in [5, 5.41) is 0. The molecule has 0 aliphatic carbocycles. The van der Waals surface area contributed by atoms with E-state index >= 15 is 0 Å². The minimum atomic E-state index is 0.211. The maximum atomic E-state index is 12.7. The summed E-state index contributed by atoms with van der Waals surface area (Å²) >= 11 is 0. The summed E-state index contributed by atoms with van der Waals surface area (Å²) in [5.74, 6) is 0.951. The molecule has 2 fully saturated rings. The topological polar surface area (TPSA) is 26.8 Å². The average molecular weight is 344 g/mol. The molecule has 2 saturated heterocycles. The Balaban J connectivity index is 1.54. The van der Waals surface area contributed by atoms with Crippen LogP contribution in [-0.4, -0.2) is 66.4 Å². The van der Waals surface area contributed by atoms with Gasteiger partial charge in [-0.1, -0.05) is 26.0 Å². The van der Waals surface area contributed by atoms with Crippen LogP contribution in [0.4, 0.5) is 0 Å². The summed E-state index contributed by atoms with van der Waals surface area (Å²) in [4.78, 5) is 19.8. The summed E-state index contributed by atoms with van der Waals surface area (Å²) in [7, 11) is 0. The first kappa shape index (κ1) is 18.4. The summed E-state index contributed by atoms with van der Waals surface area (Å²) in [6.07, 6.45) is 3.55. The third-order valence-corrected chi connectivity index (χ3v) is 5.31. The van der Waals surface area contributed by atoms with Gasteiger partial charge in [0, 0.05) is 57.9 Å². The zero-order valence-corrected chi connectivity index (χ0v) is 15.9. The molecule has 0 spiro atoms. The van der Waals surface area contributed by atoms with Gasteiger partial charge in [-0.25, -0.2) is 0 Å². The van der Waals surface area contributed by atoms with Gasteiger partial charge in [-0.15, -0.1) is 0 Å². The number of hydrogen-bond donors (Lipinski definition) is 0. The van der Waals surface area contributed by atoms with Gasteiger partial charge in [0.2, 0.25) is 0 Å². The zero-order chi connectivity index (χ0) is 17.6. The average Bonchev–Trinajstić information content (AvgIpc) is 2.63. The van der Waals surface area contributed by atoms with E-state index in [1.807, 2.05) is 17.0 Å². The molecule has 138 valence electrons. The number of amides is 1. The second-order valence-electron chi connectivity index (χ2n) is 8.02. The quantitative estimate of drug-likeness (QED) is 0.822. The Labute approximate surface area is 152 Å². The number of likely N-dealkylation sites (tertiary alicyclic amines) is 1. The Morgan fingerprint density at radius 2 is 1.64 bits per heavy atom. The predicted molar refractivity (Wildman–Crippen MR) is 103 cm³/mol. The van der Waals surface area contributed by atoms with Crippen LogP contribution >= 0.6 is 0 Å². The third-order valence-electron chi connectivity index (χ3n) is 5.31. The van der Waals surface area contributed by atoms with Gasteiger partial charge in [0.15, 0.2) is 0 Å². The van der Waals surface area contributed by atoms with Gasteiger partial charge in [-0.05, 0) is 42.9 Å². The van der Waals surface area contributed by atoms with Gasteiger partial charge >= 0.3 is 0 Å². The van der Waals surface area contributed by atoms with Crippen LogP contribution < -0.4 is 0 Å². The summed E-state index contributed by atoms with van der Waals surface area (Å²) in [6.45, 7) is 13.1. The van der Waals surface area contributed by atoms with E-state index in [-0.39, 0.29) is 5.91 Å². The van der Waals surface area contributed by atoms with E-state index in [9.17, 15) is 4.79 Å². The lowest BCUT2D eigenvalue weighted by atomic mass is 10.1. The van der Waals surface area contributed by atoms with E-state index in [1.54, 1.807) is 0 Å². The lowest BCUT2D eigenvalue weighted by molar-refractivity contribution is 0.0724. The first-order valence-corrected chi connectivity index (χ1v) is 9.95. The fourth-order valence-electron chi connectivity index (χ4n) is 3.99. The molecule has 0 radical (unpaired) electrons. The fourth-order valence-corrected chi connectivity index (χ4v) is 3.99. The van der Waals surface area contributed by atoms with Gasteiger partial charge < -0.3 is 9.80 Å². The molecule has 4 heteroatoms. The third kappa shape index (κ3) is 5.29. The van der Waals surface area contributed by atoms with E-state index in [1.165, 1.54) is 18.5 Å². The van der Waals surface area contributed by atoms with E-state index in [4.69, 9.17) is 0 Å². The molecule has 1 aromatic carbocycles. The first-order valence-electron chi connectivity index (χ1n) is 9.95. The standard InChI is InChI=1S/C21H33N3O/c1-18(2)16-22-11-13-23(14-12-22)17-19-7-6-8-20(15-19)21(25)24-9-4-3-5-10-24/h6-8,15,18H,3-5,9-14,16-17H2,1-2H3. The largest absolute Gasteiger partial charge is 0.339 e. The van der Waals surface area contributed by atoms with E-state index in [0.29, 0.717) is 0 Å². The van der Waals surface area contributed by atoms with Gasteiger partial charge in [-0.2, -0.15) is 0 Å². The predicted octanol–water partition coefficient (Wildman–Crippen LogP) is 3.09. The summed E-state index contributed by atoms with van der Waals surface area (Å²) < 4.78 is 0. The molecule has 25 heavy (non-hydrogen) atoms. The lowest BCUT2D eigenvalue weighted by Crippen LogP contribution is -2.46. The van der Waals surface area contributed by atoms with Crippen LogP contribution in [0, 0.1) is 5.92 Å². The molecule has 1 amide bonds. The molecule has 0 aromatic heterocycles. The minimum Gasteiger partial charge on any atom is -0.339 e. The van der Waals surface area contributed by atoms with Crippen LogP contribution in [0.25, 0.3) is 0 Å². The molecular weight excluding hydrogens is 310 g/mol. The number of benzene rings is 1. The van der Waals surface area contributed by atoms with Crippen LogP contribution in [0.15, 0.2) is 24.3 Å². The molecule has 4 nitrogen and oxygen atoms in total. The Kier molecular flexibility index (Phi) is 6.49. The van der Waals surface area contributed by atoms with Crippen molar-refractivity contribution >= 4 is 5.91 Å². The van der Waals surface area contributed by atoms with E-state index < -0.39 is 0 Å². The second-order valence-corrected chi connectivity index (χ2v) is 8.02. The molecule has 0 N–H and O–H groups in total. The molecule has 3 rings (SSSR count). The smallest absolute Gasteiger partial charge is 0.253 e. The summed E-state index contributed by atoms with van der Waals surface area (Å²) in [5.41, 5.74) is 2.12. The molecule has 2 heterocycles. The highest BCUT2D eigenvalue weighted by atomic mass is 16.2. The van der Waals surface area contributed by atoms with Crippen molar-refractivity contribution in [2.45, 2.75) is 39.7 Å². The number of rotatable bonds is 5. The van der Waals surface area contributed by atoms with Crippen molar-refractivity contribution in [2.24, 2.45) is 5.92 Å². The monoisotopic (exact) mass is 343 g/mol. The Bertz CT molecular complexity index is 558. The van der Waals surface area contributed by atoms with Crippen molar-refractivity contribution < 1.29 is 4.79 Å². The van der Waals surface area contributed by atoms with Gasteiger partial charge in [0.25, 0.3) is 5.91 Å². The maximum absolute atomic E-state index is 12.7. The molecular formula is C21H33N3O. The highest BCUT2D eigenvalue weighted by Gasteiger charge is 2.20. The molecule has 2 aliphatic rings. The van der Waals surface area contributed by atoms with Crippen LogP contribution in [0.5, 0.6) is 0 Å². The fraction of sp³-hybridized carbons (Fsp3) is 0.667. The van der Waals surface area contributed by atoms with Crippen molar-refractivity contribution in [2.75, 3.05) is 45.8 Å². The molecule has 0 saturated carbocycles. The molecule has 2 aliphatic heterocycles. The molecule has 1 aromatic rings. The second kappa shape index (κ2) is 8.81. The van der Waals surface area contributed by atoms with Crippen LogP contribution in [0.2, 0.25) is 0 Å². The normalized spacial score (nSPS) is 20.2. The number of piperazine rings is 1. The van der Waals surface area contributed by atoms with E-state index in [0.717, 1.165) is 70.1 Å². The minimum absolute atomic E-state index is 0.211. The highest BCUT2D eigenvalue weighted by Crippen LogP contribution is 2.16. The van der Waals surface area contributed by atoms with Crippen molar-refractivity contribution in [1.82, 2.24) is 14.7 Å². The van der Waals surface area contributed by atoms with Crippen molar-refractivity contribution in [3.05, 3.63) is 35.4 Å². The first-order chi connectivity index (χ1) is 12.1. The van der Waals surface area contributed by atoms with Crippen LogP contribution in [-0.2, 0) is 6.54 Å². The van der Waals surface area contributed by atoms with Crippen molar-refractivity contribution in [3.8, 4) is 0 Å². The number of hydrogen-bond acceptors (Lipinski definition) is 3. The van der Waals surface area contributed by atoms with Crippen LogP contribution in [0.1, 0.15) is 49.0 Å². The Morgan fingerprint density at radius 1 is 0.960 bits per heavy atom.